The summed E-state index contributed by atoms with van der Waals surface area (Å²) in [5, 5.41) is 2.69. The minimum Gasteiger partial charge on any atom is -0.444 e. The van der Waals surface area contributed by atoms with E-state index in [9.17, 15) is 13.2 Å². The Morgan fingerprint density at radius 1 is 1.12 bits per heavy atom. The van der Waals surface area contributed by atoms with Crippen LogP contribution in [0, 0.1) is 0 Å². The summed E-state index contributed by atoms with van der Waals surface area (Å²) in [5.41, 5.74) is 0.941. The van der Waals surface area contributed by atoms with Crippen LogP contribution in [0.2, 0.25) is 0 Å². The molecule has 1 aromatic rings. The van der Waals surface area contributed by atoms with Crippen LogP contribution in [0.3, 0.4) is 0 Å². The molecular formula is C18H28N2O4S. The van der Waals surface area contributed by atoms with Gasteiger partial charge >= 0.3 is 6.09 Å². The van der Waals surface area contributed by atoms with E-state index in [1.807, 2.05) is 6.07 Å². The normalized spacial score (nSPS) is 14.9. The van der Waals surface area contributed by atoms with Crippen LogP contribution in [0.5, 0.6) is 0 Å². The van der Waals surface area contributed by atoms with Crippen LogP contribution in [-0.4, -0.2) is 32.2 Å². The van der Waals surface area contributed by atoms with Gasteiger partial charge in [0.1, 0.15) is 5.60 Å². The van der Waals surface area contributed by atoms with Crippen molar-refractivity contribution in [2.24, 2.45) is 0 Å². The second-order valence-corrected chi connectivity index (χ2v) is 9.89. The zero-order valence-electron chi connectivity index (χ0n) is 15.6. The Balaban J connectivity index is 1.99. The maximum Gasteiger partial charge on any atom is 0.408 e. The number of fused-ring (bicyclic) bond motifs is 1. The first-order chi connectivity index (χ1) is 11.4. The lowest BCUT2D eigenvalue weighted by Crippen LogP contribution is -2.52. The third kappa shape index (κ3) is 5.71. The lowest BCUT2D eigenvalue weighted by atomic mass is 10.1. The van der Waals surface area contributed by atoms with Gasteiger partial charge in [-0.2, -0.15) is 0 Å². The van der Waals surface area contributed by atoms with Crippen molar-refractivity contribution in [3.8, 4) is 0 Å². The molecule has 0 saturated heterocycles. The van der Waals surface area contributed by atoms with E-state index in [1.54, 1.807) is 46.8 Å². The summed E-state index contributed by atoms with van der Waals surface area (Å²) < 4.78 is 32.9. The van der Waals surface area contributed by atoms with Crippen LogP contribution in [-0.2, 0) is 27.6 Å². The summed E-state index contributed by atoms with van der Waals surface area (Å²) in [6, 6.07) is 5.28. The molecule has 0 fully saturated rings. The Morgan fingerprint density at radius 3 is 2.40 bits per heavy atom. The van der Waals surface area contributed by atoms with Crippen LogP contribution in [0.15, 0.2) is 23.1 Å². The van der Waals surface area contributed by atoms with Crippen LogP contribution in [0.25, 0.3) is 0 Å². The van der Waals surface area contributed by atoms with E-state index in [2.05, 4.69) is 10.0 Å². The molecule has 1 aromatic carbocycles. The fourth-order valence-corrected chi connectivity index (χ4v) is 3.96. The van der Waals surface area contributed by atoms with Crippen molar-refractivity contribution in [2.75, 3.05) is 6.54 Å². The summed E-state index contributed by atoms with van der Waals surface area (Å²) in [6.45, 7) is 8.86. The number of aryl methyl sites for hydroxylation is 2. The van der Waals surface area contributed by atoms with Gasteiger partial charge in [0.25, 0.3) is 0 Å². The second kappa shape index (κ2) is 6.96. The van der Waals surface area contributed by atoms with Gasteiger partial charge in [-0.15, -0.1) is 0 Å². The molecule has 6 nitrogen and oxygen atoms in total. The van der Waals surface area contributed by atoms with Crippen molar-refractivity contribution < 1.29 is 17.9 Å². The first-order valence-electron chi connectivity index (χ1n) is 8.51. The Labute approximate surface area is 150 Å². The highest BCUT2D eigenvalue weighted by atomic mass is 32.2. The molecule has 0 saturated carbocycles. The average Bonchev–Trinajstić information content (AvgIpc) is 2.90. The lowest BCUT2D eigenvalue weighted by molar-refractivity contribution is 0.0474. The first-order valence-corrected chi connectivity index (χ1v) is 9.99. The predicted octanol–water partition coefficient (Wildman–Crippen LogP) is 2.76. The summed E-state index contributed by atoms with van der Waals surface area (Å²) >= 11 is 0. The van der Waals surface area contributed by atoms with Gasteiger partial charge in [0.2, 0.25) is 10.0 Å². The molecule has 0 unspecified atom stereocenters. The van der Waals surface area contributed by atoms with E-state index >= 15 is 0 Å². The van der Waals surface area contributed by atoms with E-state index < -0.39 is 27.3 Å². The van der Waals surface area contributed by atoms with Crippen LogP contribution in [0.4, 0.5) is 4.79 Å². The number of alkyl carbamates (subject to hydrolysis) is 1. The molecule has 0 aliphatic heterocycles. The highest BCUT2D eigenvalue weighted by Crippen LogP contribution is 2.24. The van der Waals surface area contributed by atoms with Crippen LogP contribution >= 0.6 is 0 Å². The van der Waals surface area contributed by atoms with E-state index in [1.165, 1.54) is 5.56 Å². The van der Waals surface area contributed by atoms with Crippen molar-refractivity contribution in [2.45, 2.75) is 69.9 Å². The number of carbonyl (C=O) groups excluding carboxylic acids is 1. The van der Waals surface area contributed by atoms with Gasteiger partial charge in [0.05, 0.1) is 10.4 Å². The van der Waals surface area contributed by atoms with Gasteiger partial charge < -0.3 is 10.1 Å². The van der Waals surface area contributed by atoms with Gasteiger partial charge in [-0.05, 0) is 77.1 Å². The Morgan fingerprint density at radius 2 is 1.76 bits per heavy atom. The minimum absolute atomic E-state index is 0.0612. The first kappa shape index (κ1) is 19.7. The molecule has 140 valence electrons. The number of ether oxygens (including phenoxy) is 1. The largest absolute Gasteiger partial charge is 0.444 e. The number of benzene rings is 1. The fraction of sp³-hybridized carbons (Fsp3) is 0.611. The number of rotatable bonds is 5. The molecule has 0 atom stereocenters. The maximum atomic E-state index is 12.5. The van der Waals surface area contributed by atoms with E-state index in [0.29, 0.717) is 0 Å². The standard InChI is InChI=1S/C18H28N2O4S/c1-17(2,3)24-16(21)20-18(4,5)12-19-25(22,23)15-10-9-13-7-6-8-14(13)11-15/h9-11,19H,6-8,12H2,1-5H3,(H,20,21). The molecule has 7 heteroatoms. The number of amides is 1. The lowest BCUT2D eigenvalue weighted by Gasteiger charge is -2.28. The molecule has 1 aliphatic carbocycles. The van der Waals surface area contributed by atoms with Gasteiger partial charge in [-0.25, -0.2) is 17.9 Å². The smallest absolute Gasteiger partial charge is 0.408 e. The Hall–Kier alpha value is -1.60. The molecule has 1 aliphatic rings. The van der Waals surface area contributed by atoms with Crippen molar-refractivity contribution in [1.82, 2.24) is 10.0 Å². The minimum atomic E-state index is -3.63. The SMILES string of the molecule is CC(C)(CNS(=O)(=O)c1ccc2c(c1)CCC2)NC(=O)OC(C)(C)C. The topological polar surface area (TPSA) is 84.5 Å². The van der Waals surface area contributed by atoms with Crippen molar-refractivity contribution in [1.29, 1.82) is 0 Å². The highest BCUT2D eigenvalue weighted by molar-refractivity contribution is 7.89. The number of hydrogen-bond donors (Lipinski definition) is 2. The number of hydrogen-bond acceptors (Lipinski definition) is 4. The monoisotopic (exact) mass is 368 g/mol. The van der Waals surface area contributed by atoms with Crippen molar-refractivity contribution in [3.63, 3.8) is 0 Å². The fourth-order valence-electron chi connectivity index (χ4n) is 2.70. The van der Waals surface area contributed by atoms with E-state index in [0.717, 1.165) is 24.8 Å². The molecular weight excluding hydrogens is 340 g/mol. The molecule has 0 radical (unpaired) electrons. The van der Waals surface area contributed by atoms with E-state index in [-0.39, 0.29) is 11.4 Å². The quantitative estimate of drug-likeness (QED) is 0.837. The number of nitrogens with one attached hydrogen (secondary N) is 2. The van der Waals surface area contributed by atoms with Crippen LogP contribution in [0.1, 0.15) is 52.2 Å². The van der Waals surface area contributed by atoms with Gasteiger partial charge in [-0.1, -0.05) is 6.07 Å². The molecule has 25 heavy (non-hydrogen) atoms. The van der Waals surface area contributed by atoms with Gasteiger partial charge in [0, 0.05) is 6.54 Å². The molecule has 0 aromatic heterocycles. The van der Waals surface area contributed by atoms with Crippen molar-refractivity contribution in [3.05, 3.63) is 29.3 Å². The predicted molar refractivity (Wildman–Crippen MR) is 97.1 cm³/mol. The molecule has 0 bridgehead atoms. The third-order valence-electron chi connectivity index (χ3n) is 3.92. The molecule has 2 N–H and O–H groups in total. The average molecular weight is 368 g/mol. The maximum absolute atomic E-state index is 12.5. The zero-order chi connectivity index (χ0) is 18.9. The summed E-state index contributed by atoms with van der Waals surface area (Å²) in [6.07, 6.45) is 2.42. The van der Waals surface area contributed by atoms with E-state index in [4.69, 9.17) is 4.74 Å². The third-order valence-corrected chi connectivity index (χ3v) is 5.32. The summed E-state index contributed by atoms with van der Waals surface area (Å²) in [5.74, 6) is 0. The second-order valence-electron chi connectivity index (χ2n) is 8.12. The molecule has 1 amide bonds. The van der Waals surface area contributed by atoms with Crippen molar-refractivity contribution >= 4 is 16.1 Å². The van der Waals surface area contributed by atoms with Crippen LogP contribution < -0.4 is 10.0 Å². The Bertz CT molecular complexity index is 749. The number of sulfonamides is 1. The van der Waals surface area contributed by atoms with Gasteiger partial charge in [0.15, 0.2) is 0 Å². The summed E-state index contributed by atoms with van der Waals surface area (Å²) in [7, 11) is -3.63. The molecule has 2 rings (SSSR count). The Kier molecular flexibility index (Phi) is 5.49. The zero-order valence-corrected chi connectivity index (χ0v) is 16.4. The van der Waals surface area contributed by atoms with Gasteiger partial charge in [-0.3, -0.25) is 0 Å². The summed E-state index contributed by atoms with van der Waals surface area (Å²) in [4.78, 5) is 12.2. The highest BCUT2D eigenvalue weighted by Gasteiger charge is 2.27. The number of carbonyl (C=O) groups is 1. The molecule has 0 heterocycles. The molecule has 0 spiro atoms.